The van der Waals surface area contributed by atoms with Gasteiger partial charge in [-0.3, -0.25) is 0 Å². The second-order valence-electron chi connectivity index (χ2n) is 5.49. The number of hydrogen-bond donors (Lipinski definition) is 0. The van der Waals surface area contributed by atoms with Crippen LogP contribution in [0, 0.1) is 0 Å². The van der Waals surface area contributed by atoms with Gasteiger partial charge < -0.3 is 30.1 Å². The maximum atomic E-state index is 11.9. The van der Waals surface area contributed by atoms with E-state index in [1.54, 1.807) is 30.3 Å². The molecule has 0 saturated heterocycles. The van der Waals surface area contributed by atoms with Gasteiger partial charge in [0.1, 0.15) is 6.33 Å². The average Bonchev–Trinajstić information content (AvgIpc) is 3.08. The summed E-state index contributed by atoms with van der Waals surface area (Å²) in [4.78, 5) is 38.8. The summed E-state index contributed by atoms with van der Waals surface area (Å²) in [6.07, 6.45) is 2.23. The van der Waals surface area contributed by atoms with E-state index >= 15 is 0 Å². The molecule has 0 saturated carbocycles. The van der Waals surface area contributed by atoms with E-state index in [0.29, 0.717) is 5.56 Å². The Kier molecular flexibility index (Phi) is 14.1. The molecular weight excluding hydrogens is 447 g/mol. The van der Waals surface area contributed by atoms with Crippen molar-refractivity contribution in [3.63, 3.8) is 0 Å². The largest absolute Gasteiger partial charge is 1.00 e. The van der Waals surface area contributed by atoms with Crippen molar-refractivity contribution in [3.8, 4) is 0 Å². The summed E-state index contributed by atoms with van der Waals surface area (Å²) >= 11 is 5.99. The number of nitrogens with zero attached hydrogens (tertiary/aromatic N) is 3. The zero-order valence-electron chi connectivity index (χ0n) is 16.5. The van der Waals surface area contributed by atoms with Gasteiger partial charge in [-0.05, 0) is 23.5 Å². The van der Waals surface area contributed by atoms with Crippen LogP contribution in [0.5, 0.6) is 0 Å². The monoisotopic (exact) mass is 456 g/mol. The van der Waals surface area contributed by atoms with Gasteiger partial charge in [0, 0.05) is 11.7 Å². The second kappa shape index (κ2) is 13.3. The van der Waals surface area contributed by atoms with Crippen LogP contribution >= 0.6 is 11.6 Å². The Morgan fingerprint density at radius 2 is 1.73 bits per heavy atom. The average molecular weight is 457 g/mol. The summed E-state index contributed by atoms with van der Waals surface area (Å²) in [5.74, 6) is -3.35. The summed E-state index contributed by atoms with van der Waals surface area (Å²) in [7, 11) is 0. The normalized spacial score (nSPS) is 11.5. The molecule has 0 fully saturated rings. The zero-order valence-corrected chi connectivity index (χ0v) is 23.2. The second-order valence-corrected chi connectivity index (χ2v) is 5.90. The maximum Gasteiger partial charge on any atom is 1.00 e. The van der Waals surface area contributed by atoms with Crippen LogP contribution in [0.4, 0.5) is 0 Å². The van der Waals surface area contributed by atoms with Crippen LogP contribution in [-0.4, -0.2) is 38.3 Å². The Morgan fingerprint density at radius 3 is 2.23 bits per heavy atom. The van der Waals surface area contributed by atoms with E-state index in [-0.39, 0.29) is 117 Å². The number of rotatable bonds is 6. The van der Waals surface area contributed by atoms with Gasteiger partial charge >= 0.3 is 88.7 Å². The number of benzene rings is 1. The van der Waals surface area contributed by atoms with Gasteiger partial charge in [-0.15, -0.1) is 0 Å². The van der Waals surface area contributed by atoms with E-state index in [1.165, 1.54) is 6.29 Å². The number of hydrogen-bond acceptors (Lipinski definition) is 8. The minimum absolute atomic E-state index is 0. The van der Waals surface area contributed by atoms with E-state index < -0.39 is 22.9 Å². The van der Waals surface area contributed by atoms with E-state index in [4.69, 9.17) is 11.6 Å². The Hall–Kier alpha value is -0.300. The molecule has 1 aromatic carbocycles. The summed E-state index contributed by atoms with van der Waals surface area (Å²) < 4.78 is 0.917. The fourth-order valence-electron chi connectivity index (χ4n) is 2.74. The molecule has 140 valence electrons. The van der Waals surface area contributed by atoms with Crippen molar-refractivity contribution in [2.45, 2.75) is 11.8 Å². The quantitative estimate of drug-likeness (QED) is 0.201. The van der Waals surface area contributed by atoms with Crippen LogP contribution in [0.25, 0.3) is 5.65 Å². The molecule has 0 radical (unpaired) electrons. The van der Waals surface area contributed by atoms with E-state index in [0.717, 1.165) is 16.9 Å². The number of fused-ring (bicyclic) bond motifs is 1. The van der Waals surface area contributed by atoms with Crippen LogP contribution in [0.3, 0.4) is 0 Å². The molecule has 0 amide bonds. The van der Waals surface area contributed by atoms with Gasteiger partial charge in [-0.25, -0.2) is 15.8 Å². The van der Waals surface area contributed by atoms with E-state index in [1.807, 2.05) is 0 Å². The standard InChI is InChI=1S/C17H11ClN3O5.3Na.H2O/c18-11-6-12(21-14(19-9-20-21)13(11)15(23)24)17(8-22,16(25)26)7-10-4-2-1-3-5-10;;;;/h1-6,9H,7H2,(H,23,24)(H,25,26);;;;1H2/q-1;3*+1;/p-3. The number of aromatic nitrogens is 3. The van der Waals surface area contributed by atoms with Gasteiger partial charge in [0.2, 0.25) is 0 Å². The number of aliphatic carboxylic acids is 1. The molecule has 0 bridgehead atoms. The van der Waals surface area contributed by atoms with Crippen LogP contribution in [0.15, 0.2) is 42.7 Å². The minimum atomic E-state index is -2.28. The van der Waals surface area contributed by atoms with Crippen molar-refractivity contribution >= 4 is 35.5 Å². The molecule has 30 heavy (non-hydrogen) atoms. The molecule has 3 rings (SSSR count). The van der Waals surface area contributed by atoms with Crippen LogP contribution in [-0.2, 0) is 21.4 Å². The van der Waals surface area contributed by atoms with E-state index in [9.17, 15) is 24.6 Å². The SMILES string of the molecule is O=[C-]C(Cc1ccccc1)(C(=O)[O-])c1cc(Cl)c(C(=O)[O-])c2ncnn12.[Na+].[Na+].[Na+].[OH-]. The molecule has 3 aromatic rings. The number of halogens is 1. The molecule has 1 unspecified atom stereocenters. The maximum absolute atomic E-state index is 11.9. The topological polar surface area (TPSA) is 158 Å². The first kappa shape index (κ1) is 31.9. The molecule has 1 N–H and O–H groups in total. The Morgan fingerprint density at radius 1 is 1.13 bits per heavy atom. The third-order valence-corrected chi connectivity index (χ3v) is 4.28. The van der Waals surface area contributed by atoms with Crippen molar-refractivity contribution in [2.75, 3.05) is 0 Å². The van der Waals surface area contributed by atoms with Crippen LogP contribution < -0.4 is 98.9 Å². The van der Waals surface area contributed by atoms with Gasteiger partial charge in [0.25, 0.3) is 0 Å². The molecule has 0 aliphatic rings. The van der Waals surface area contributed by atoms with Gasteiger partial charge in [-0.2, -0.15) is 5.10 Å². The molecule has 0 spiro atoms. The third-order valence-electron chi connectivity index (χ3n) is 3.98. The molecule has 9 nitrogen and oxygen atoms in total. The van der Waals surface area contributed by atoms with Crippen molar-refractivity contribution in [1.82, 2.24) is 14.6 Å². The molecule has 0 aliphatic carbocycles. The third kappa shape index (κ3) is 5.93. The minimum Gasteiger partial charge on any atom is -0.870 e. The summed E-state index contributed by atoms with van der Waals surface area (Å²) in [6.45, 7) is 0. The number of carbonyl (C=O) groups is 2. The Balaban J connectivity index is 0. The number of pyridine rings is 1. The summed E-state index contributed by atoms with van der Waals surface area (Å²) in [5, 5.41) is 26.7. The van der Waals surface area contributed by atoms with Gasteiger partial charge in [-0.1, -0.05) is 41.9 Å². The first-order valence-corrected chi connectivity index (χ1v) is 7.67. The molecule has 2 aromatic heterocycles. The smallest absolute Gasteiger partial charge is 0.870 e. The molecule has 0 aliphatic heterocycles. The Labute approximate surface area is 242 Å². The molecule has 2 heterocycles. The molecular formula is C17H10ClN3Na3O6-. The first-order chi connectivity index (χ1) is 12.4. The summed E-state index contributed by atoms with van der Waals surface area (Å²) in [5.41, 5.74) is -2.69. The van der Waals surface area contributed by atoms with Crippen molar-refractivity contribution in [2.24, 2.45) is 0 Å². The van der Waals surface area contributed by atoms with Crippen LogP contribution in [0.2, 0.25) is 5.02 Å². The zero-order chi connectivity index (χ0) is 18.9. The number of carboxylic acid groups (broad SMARTS) is 2. The number of carboxylic acids is 2. The predicted octanol–water partition coefficient (Wildman–Crippen LogP) is -10.1. The molecule has 1 atom stereocenters. The van der Waals surface area contributed by atoms with Gasteiger partial charge in [0.15, 0.2) is 5.65 Å². The fourth-order valence-corrected chi connectivity index (χ4v) is 3.01. The predicted molar refractivity (Wildman–Crippen MR) is 86.8 cm³/mol. The van der Waals surface area contributed by atoms with Crippen molar-refractivity contribution in [3.05, 3.63) is 64.6 Å². The van der Waals surface area contributed by atoms with E-state index in [2.05, 4.69) is 10.1 Å². The van der Waals surface area contributed by atoms with Crippen LogP contribution in [0.1, 0.15) is 21.6 Å². The van der Waals surface area contributed by atoms with Crippen molar-refractivity contribution in [1.29, 1.82) is 0 Å². The van der Waals surface area contributed by atoms with Gasteiger partial charge in [0.05, 0.1) is 16.6 Å². The fraction of sp³-hybridized carbons (Fsp3) is 0.118. The first-order valence-electron chi connectivity index (χ1n) is 7.29. The number of aromatic carboxylic acids is 1. The number of carbonyl (C=O) groups excluding carboxylic acids is 3. The Bertz CT molecular complexity index is 1030. The summed E-state index contributed by atoms with van der Waals surface area (Å²) in [6, 6.07) is 9.37. The van der Waals surface area contributed by atoms with Crippen molar-refractivity contribution < 1.29 is 119 Å². The molecule has 13 heteroatoms.